The lowest BCUT2D eigenvalue weighted by Crippen LogP contribution is -2.33. The maximum Gasteiger partial charge on any atom is 0.228 e. The highest BCUT2D eigenvalue weighted by Gasteiger charge is 2.21. The number of amides is 1. The molecule has 5 nitrogen and oxygen atoms in total. The van der Waals surface area contributed by atoms with Crippen molar-refractivity contribution in [2.24, 2.45) is 0 Å². The number of aryl methyl sites for hydroxylation is 1. The van der Waals surface area contributed by atoms with Crippen LogP contribution in [-0.2, 0) is 4.79 Å². The van der Waals surface area contributed by atoms with Crippen molar-refractivity contribution in [3.8, 4) is 5.75 Å². The second-order valence-electron chi connectivity index (χ2n) is 7.87. The number of ether oxygens (including phenoxy) is 1. The Morgan fingerprint density at radius 2 is 1.85 bits per heavy atom. The standard InChI is InChI=1S/C24H30FN3O2S2.ClH/c1-17-8-13-20(30-4)22-23(17)32-24(26-22)28(15-6-14-27(2)3)21(29)7-5-16-31-19-11-9-18(25)10-12-19;/h8-13H,5-7,14-16H2,1-4H3;1H. The van der Waals surface area contributed by atoms with E-state index in [-0.39, 0.29) is 24.1 Å². The first-order chi connectivity index (χ1) is 15.4. The van der Waals surface area contributed by atoms with Gasteiger partial charge in [0.05, 0.1) is 11.8 Å². The molecule has 0 unspecified atom stereocenters. The van der Waals surface area contributed by atoms with Crippen LogP contribution in [0.5, 0.6) is 5.75 Å². The van der Waals surface area contributed by atoms with Crippen LogP contribution in [0.15, 0.2) is 41.3 Å². The lowest BCUT2D eigenvalue weighted by atomic mass is 10.2. The zero-order valence-electron chi connectivity index (χ0n) is 19.5. The number of hydrogen-bond donors (Lipinski definition) is 0. The summed E-state index contributed by atoms with van der Waals surface area (Å²) in [5.74, 6) is 1.37. The first-order valence-electron chi connectivity index (χ1n) is 10.7. The van der Waals surface area contributed by atoms with Crippen molar-refractivity contribution in [2.45, 2.75) is 31.1 Å². The molecular weight excluding hydrogens is 481 g/mol. The molecular formula is C24H31ClFN3O2S2. The summed E-state index contributed by atoms with van der Waals surface area (Å²) in [6.07, 6.45) is 2.07. The van der Waals surface area contributed by atoms with Crippen LogP contribution in [0.2, 0.25) is 0 Å². The third-order valence-electron chi connectivity index (χ3n) is 5.05. The van der Waals surface area contributed by atoms with Gasteiger partial charge in [-0.1, -0.05) is 17.4 Å². The fraction of sp³-hybridized carbons (Fsp3) is 0.417. The summed E-state index contributed by atoms with van der Waals surface area (Å²) in [6.45, 7) is 3.58. The first kappa shape index (κ1) is 27.4. The van der Waals surface area contributed by atoms with Gasteiger partial charge in [-0.05, 0) is 82.1 Å². The largest absolute Gasteiger partial charge is 0.494 e. The zero-order valence-corrected chi connectivity index (χ0v) is 21.9. The van der Waals surface area contributed by atoms with Crippen molar-refractivity contribution in [1.82, 2.24) is 9.88 Å². The normalized spacial score (nSPS) is 11.0. The Kier molecular flexibility index (Phi) is 10.9. The van der Waals surface area contributed by atoms with E-state index in [1.807, 2.05) is 31.1 Å². The van der Waals surface area contributed by atoms with Gasteiger partial charge in [-0.3, -0.25) is 9.69 Å². The summed E-state index contributed by atoms with van der Waals surface area (Å²) in [7, 11) is 5.71. The van der Waals surface area contributed by atoms with Crippen molar-refractivity contribution in [2.75, 3.05) is 44.9 Å². The maximum atomic E-state index is 13.2. The van der Waals surface area contributed by atoms with E-state index in [9.17, 15) is 9.18 Å². The summed E-state index contributed by atoms with van der Waals surface area (Å²) in [5.41, 5.74) is 1.94. The number of carbonyl (C=O) groups is 1. The fourth-order valence-electron chi connectivity index (χ4n) is 3.33. The number of hydrogen-bond acceptors (Lipinski definition) is 6. The quantitative estimate of drug-likeness (QED) is 0.232. The Hall–Kier alpha value is -1.87. The van der Waals surface area contributed by atoms with Crippen molar-refractivity contribution in [3.05, 3.63) is 47.8 Å². The van der Waals surface area contributed by atoms with Crippen LogP contribution in [0.4, 0.5) is 9.52 Å². The van der Waals surface area contributed by atoms with E-state index in [1.165, 1.54) is 12.1 Å². The van der Waals surface area contributed by atoms with Crippen LogP contribution in [0.3, 0.4) is 0 Å². The van der Waals surface area contributed by atoms with Crippen molar-refractivity contribution < 1.29 is 13.9 Å². The second kappa shape index (κ2) is 13.1. The van der Waals surface area contributed by atoms with Gasteiger partial charge in [0, 0.05) is 17.9 Å². The second-order valence-corrected chi connectivity index (χ2v) is 10.0. The van der Waals surface area contributed by atoms with Gasteiger partial charge in [0.15, 0.2) is 5.13 Å². The number of halogens is 2. The van der Waals surface area contributed by atoms with Gasteiger partial charge in [0.25, 0.3) is 0 Å². The number of benzene rings is 2. The van der Waals surface area contributed by atoms with Crippen LogP contribution < -0.4 is 9.64 Å². The number of thioether (sulfide) groups is 1. The molecule has 1 heterocycles. The molecule has 0 bridgehead atoms. The minimum atomic E-state index is -0.236. The Morgan fingerprint density at radius 3 is 2.52 bits per heavy atom. The van der Waals surface area contributed by atoms with E-state index in [1.54, 1.807) is 42.3 Å². The van der Waals surface area contributed by atoms with Gasteiger partial charge in [0.2, 0.25) is 5.91 Å². The maximum absolute atomic E-state index is 13.2. The molecule has 1 aromatic heterocycles. The highest BCUT2D eigenvalue weighted by Crippen LogP contribution is 2.36. The van der Waals surface area contributed by atoms with Crippen LogP contribution >= 0.6 is 35.5 Å². The van der Waals surface area contributed by atoms with Gasteiger partial charge in [0.1, 0.15) is 17.1 Å². The Morgan fingerprint density at radius 1 is 1.12 bits per heavy atom. The summed E-state index contributed by atoms with van der Waals surface area (Å²) in [5, 5.41) is 0.725. The van der Waals surface area contributed by atoms with Crippen molar-refractivity contribution in [1.29, 1.82) is 0 Å². The van der Waals surface area contributed by atoms with E-state index in [4.69, 9.17) is 9.72 Å². The Labute approximate surface area is 209 Å². The molecule has 0 fully saturated rings. The van der Waals surface area contributed by atoms with E-state index < -0.39 is 0 Å². The van der Waals surface area contributed by atoms with Crippen molar-refractivity contribution >= 4 is 56.8 Å². The van der Waals surface area contributed by atoms with Gasteiger partial charge >= 0.3 is 0 Å². The third-order valence-corrected chi connectivity index (χ3v) is 7.36. The lowest BCUT2D eigenvalue weighted by Gasteiger charge is -2.21. The van der Waals surface area contributed by atoms with Gasteiger partial charge in [-0.25, -0.2) is 9.37 Å². The molecule has 2 aromatic carbocycles. The third kappa shape index (κ3) is 7.57. The number of fused-ring (bicyclic) bond motifs is 1. The Bertz CT molecular complexity index is 1040. The van der Waals surface area contributed by atoms with Crippen LogP contribution in [0.25, 0.3) is 10.2 Å². The molecule has 0 aliphatic heterocycles. The summed E-state index contributed by atoms with van der Waals surface area (Å²) in [6, 6.07) is 10.4. The van der Waals surface area contributed by atoms with E-state index in [0.717, 1.165) is 56.7 Å². The number of rotatable bonds is 11. The van der Waals surface area contributed by atoms with E-state index in [2.05, 4.69) is 11.8 Å². The average Bonchev–Trinajstić information content (AvgIpc) is 3.21. The van der Waals surface area contributed by atoms with Gasteiger partial charge < -0.3 is 9.64 Å². The number of thiazole rings is 1. The Balaban J connectivity index is 0.00000385. The van der Waals surface area contributed by atoms with Crippen molar-refractivity contribution in [3.63, 3.8) is 0 Å². The molecule has 0 spiro atoms. The van der Waals surface area contributed by atoms with Crippen LogP contribution in [0.1, 0.15) is 24.8 Å². The number of methoxy groups -OCH3 is 1. The van der Waals surface area contributed by atoms with Crippen LogP contribution in [-0.4, -0.2) is 55.8 Å². The lowest BCUT2D eigenvalue weighted by molar-refractivity contribution is -0.118. The predicted molar refractivity (Wildman–Crippen MR) is 140 cm³/mol. The number of anilines is 1. The average molecular weight is 512 g/mol. The zero-order chi connectivity index (χ0) is 23.1. The fourth-order valence-corrected chi connectivity index (χ4v) is 5.28. The number of carbonyl (C=O) groups excluding carboxylic acids is 1. The predicted octanol–water partition coefficient (Wildman–Crippen LogP) is 6.03. The molecule has 180 valence electrons. The van der Waals surface area contributed by atoms with E-state index >= 15 is 0 Å². The van der Waals surface area contributed by atoms with Gasteiger partial charge in [-0.15, -0.1) is 24.2 Å². The molecule has 3 aromatic rings. The monoisotopic (exact) mass is 511 g/mol. The summed E-state index contributed by atoms with van der Waals surface area (Å²) >= 11 is 3.18. The molecule has 9 heteroatoms. The van der Waals surface area contributed by atoms with Crippen LogP contribution in [0, 0.1) is 12.7 Å². The molecule has 33 heavy (non-hydrogen) atoms. The molecule has 0 aliphatic rings. The molecule has 0 N–H and O–H groups in total. The highest BCUT2D eigenvalue weighted by atomic mass is 35.5. The minimum Gasteiger partial charge on any atom is -0.494 e. The molecule has 3 rings (SSSR count). The molecule has 1 amide bonds. The number of nitrogens with zero attached hydrogens (tertiary/aromatic N) is 3. The highest BCUT2D eigenvalue weighted by molar-refractivity contribution is 7.99. The smallest absolute Gasteiger partial charge is 0.228 e. The minimum absolute atomic E-state index is 0. The number of aromatic nitrogens is 1. The summed E-state index contributed by atoms with van der Waals surface area (Å²) in [4.78, 5) is 22.9. The molecule has 0 saturated carbocycles. The molecule has 0 saturated heterocycles. The molecule has 0 aliphatic carbocycles. The van der Waals surface area contributed by atoms with Gasteiger partial charge in [-0.2, -0.15) is 0 Å². The SMILES string of the molecule is COc1ccc(C)c2sc(N(CCCN(C)C)C(=O)CCCSc3ccc(F)cc3)nc12.Cl. The van der Waals surface area contributed by atoms with E-state index in [0.29, 0.717) is 13.0 Å². The molecule has 0 radical (unpaired) electrons. The molecule has 0 atom stereocenters. The summed E-state index contributed by atoms with van der Waals surface area (Å²) < 4.78 is 19.6. The topological polar surface area (TPSA) is 45.7 Å². The first-order valence-corrected chi connectivity index (χ1v) is 12.5.